The molecule has 0 saturated heterocycles. The topological polar surface area (TPSA) is 76.4 Å². The number of hydrogen-bond donors (Lipinski definition) is 3. The first-order chi connectivity index (χ1) is 6.09. The lowest BCUT2D eigenvalue weighted by Gasteiger charge is -2.34. The van der Waals surface area contributed by atoms with Gasteiger partial charge in [-0.1, -0.05) is 0 Å². The van der Waals surface area contributed by atoms with Crippen molar-refractivity contribution in [2.24, 2.45) is 16.5 Å². The van der Waals surface area contributed by atoms with Gasteiger partial charge in [-0.2, -0.15) is 0 Å². The van der Waals surface area contributed by atoms with Crippen molar-refractivity contribution in [2.45, 2.75) is 38.3 Å². The van der Waals surface area contributed by atoms with Crippen LogP contribution in [0.4, 0.5) is 0 Å². The molecule has 1 aliphatic heterocycles. The molecular formula is C9H16N4. The van der Waals surface area contributed by atoms with Gasteiger partial charge in [0.05, 0.1) is 0 Å². The Labute approximate surface area is 78.1 Å². The Morgan fingerprint density at radius 3 is 2.85 bits per heavy atom. The average molecular weight is 180 g/mol. The zero-order chi connectivity index (χ0) is 9.47. The first-order valence-electron chi connectivity index (χ1n) is 4.73. The maximum Gasteiger partial charge on any atom is 0.195 e. The standard InChI is InChI=1S/C9H16N4/c1-9(11)6-4-2-3-5-7(6)12-8(10)13-9/h2-5,11H2,1H3,(H3,10,12,13). The number of aliphatic imine (C=N–C) groups is 1. The Balaban J connectivity index is 2.36. The van der Waals surface area contributed by atoms with Gasteiger partial charge in [-0.05, 0) is 38.2 Å². The molecule has 0 aromatic carbocycles. The third-order valence-corrected chi connectivity index (χ3v) is 2.71. The summed E-state index contributed by atoms with van der Waals surface area (Å²) >= 11 is 0. The molecule has 5 N–H and O–H groups in total. The SMILES string of the molecule is CC1(N)N=C(N)NC2=C1CCCC2. The van der Waals surface area contributed by atoms with Crippen molar-refractivity contribution in [3.63, 3.8) is 0 Å². The minimum atomic E-state index is -0.578. The van der Waals surface area contributed by atoms with Crippen LogP contribution < -0.4 is 16.8 Å². The highest BCUT2D eigenvalue weighted by Gasteiger charge is 2.31. The van der Waals surface area contributed by atoms with Crippen molar-refractivity contribution in [3.05, 3.63) is 11.3 Å². The molecule has 0 amide bonds. The van der Waals surface area contributed by atoms with Crippen molar-refractivity contribution >= 4 is 5.96 Å². The van der Waals surface area contributed by atoms with E-state index in [-0.39, 0.29) is 0 Å². The summed E-state index contributed by atoms with van der Waals surface area (Å²) in [5.41, 5.74) is 13.5. The lowest BCUT2D eigenvalue weighted by Crippen LogP contribution is -2.48. The van der Waals surface area contributed by atoms with Crippen molar-refractivity contribution in [2.75, 3.05) is 0 Å². The predicted molar refractivity (Wildman–Crippen MR) is 52.8 cm³/mol. The molecule has 0 bridgehead atoms. The predicted octanol–water partition coefficient (Wildman–Crippen LogP) is 0.407. The van der Waals surface area contributed by atoms with Gasteiger partial charge in [0, 0.05) is 5.70 Å². The van der Waals surface area contributed by atoms with Crippen molar-refractivity contribution < 1.29 is 0 Å². The highest BCUT2D eigenvalue weighted by Crippen LogP contribution is 2.32. The molecule has 0 radical (unpaired) electrons. The zero-order valence-corrected chi connectivity index (χ0v) is 7.93. The summed E-state index contributed by atoms with van der Waals surface area (Å²) in [7, 11) is 0. The van der Waals surface area contributed by atoms with E-state index in [2.05, 4.69) is 10.3 Å². The first kappa shape index (κ1) is 8.56. The Kier molecular flexibility index (Phi) is 1.80. The number of nitrogens with one attached hydrogen (secondary N) is 1. The molecule has 1 aliphatic carbocycles. The summed E-state index contributed by atoms with van der Waals surface area (Å²) in [4.78, 5) is 4.20. The van der Waals surface area contributed by atoms with Crippen LogP contribution in [0.2, 0.25) is 0 Å². The summed E-state index contributed by atoms with van der Waals surface area (Å²) in [5.74, 6) is 0.450. The van der Waals surface area contributed by atoms with Crippen LogP contribution in [0.15, 0.2) is 16.3 Å². The molecule has 0 fully saturated rings. The highest BCUT2D eigenvalue weighted by atomic mass is 15.2. The van der Waals surface area contributed by atoms with E-state index in [0.29, 0.717) is 5.96 Å². The number of rotatable bonds is 0. The molecule has 0 aromatic heterocycles. The van der Waals surface area contributed by atoms with Gasteiger partial charge in [-0.15, -0.1) is 0 Å². The molecule has 4 nitrogen and oxygen atoms in total. The minimum Gasteiger partial charge on any atom is -0.370 e. The number of allylic oxidation sites excluding steroid dienone is 1. The van der Waals surface area contributed by atoms with E-state index in [0.717, 1.165) is 12.8 Å². The van der Waals surface area contributed by atoms with Crippen molar-refractivity contribution in [3.8, 4) is 0 Å². The molecular weight excluding hydrogens is 164 g/mol. The quantitative estimate of drug-likeness (QED) is 0.505. The second kappa shape index (κ2) is 2.73. The molecule has 2 rings (SSSR count). The van der Waals surface area contributed by atoms with Crippen molar-refractivity contribution in [1.29, 1.82) is 0 Å². The fourth-order valence-corrected chi connectivity index (χ4v) is 2.10. The molecule has 0 aromatic rings. The third-order valence-electron chi connectivity index (χ3n) is 2.71. The smallest absolute Gasteiger partial charge is 0.195 e. The second-order valence-electron chi connectivity index (χ2n) is 3.93. The summed E-state index contributed by atoms with van der Waals surface area (Å²) < 4.78 is 0. The van der Waals surface area contributed by atoms with Crippen LogP contribution in [0.25, 0.3) is 0 Å². The van der Waals surface area contributed by atoms with E-state index < -0.39 is 5.66 Å². The largest absolute Gasteiger partial charge is 0.370 e. The Hall–Kier alpha value is -1.03. The molecule has 0 saturated carbocycles. The maximum absolute atomic E-state index is 6.06. The Morgan fingerprint density at radius 2 is 2.08 bits per heavy atom. The van der Waals surface area contributed by atoms with Crippen LogP contribution >= 0.6 is 0 Å². The molecule has 13 heavy (non-hydrogen) atoms. The monoisotopic (exact) mass is 180 g/mol. The second-order valence-corrected chi connectivity index (χ2v) is 3.93. The van der Waals surface area contributed by atoms with Gasteiger partial charge in [-0.3, -0.25) is 0 Å². The summed E-state index contributed by atoms with van der Waals surface area (Å²) in [5, 5.41) is 3.10. The summed E-state index contributed by atoms with van der Waals surface area (Å²) in [6, 6.07) is 0. The van der Waals surface area contributed by atoms with Gasteiger partial charge in [-0.25, -0.2) is 4.99 Å². The summed E-state index contributed by atoms with van der Waals surface area (Å²) in [6.07, 6.45) is 4.53. The fraction of sp³-hybridized carbons (Fsp3) is 0.667. The van der Waals surface area contributed by atoms with E-state index in [4.69, 9.17) is 11.5 Å². The Bertz CT molecular complexity index is 288. The highest BCUT2D eigenvalue weighted by molar-refractivity contribution is 5.82. The van der Waals surface area contributed by atoms with E-state index in [1.165, 1.54) is 24.1 Å². The van der Waals surface area contributed by atoms with Crippen LogP contribution in [-0.4, -0.2) is 11.6 Å². The summed E-state index contributed by atoms with van der Waals surface area (Å²) in [6.45, 7) is 1.92. The van der Waals surface area contributed by atoms with Gasteiger partial charge < -0.3 is 16.8 Å². The number of guanidine groups is 1. The average Bonchev–Trinajstić information content (AvgIpc) is 2.02. The van der Waals surface area contributed by atoms with E-state index >= 15 is 0 Å². The molecule has 72 valence electrons. The maximum atomic E-state index is 6.06. The lowest BCUT2D eigenvalue weighted by atomic mass is 9.87. The number of nitrogens with zero attached hydrogens (tertiary/aromatic N) is 1. The van der Waals surface area contributed by atoms with Gasteiger partial charge in [0.1, 0.15) is 5.66 Å². The normalized spacial score (nSPS) is 33.5. The van der Waals surface area contributed by atoms with E-state index in [9.17, 15) is 0 Å². The van der Waals surface area contributed by atoms with E-state index in [1.807, 2.05) is 6.92 Å². The van der Waals surface area contributed by atoms with Gasteiger partial charge in [0.2, 0.25) is 0 Å². The van der Waals surface area contributed by atoms with E-state index in [1.54, 1.807) is 0 Å². The third kappa shape index (κ3) is 1.42. The van der Waals surface area contributed by atoms with Crippen molar-refractivity contribution in [1.82, 2.24) is 5.32 Å². The van der Waals surface area contributed by atoms with Crippen LogP contribution in [0.3, 0.4) is 0 Å². The van der Waals surface area contributed by atoms with Gasteiger partial charge >= 0.3 is 0 Å². The molecule has 1 atom stereocenters. The number of nitrogens with two attached hydrogens (primary N) is 2. The zero-order valence-electron chi connectivity index (χ0n) is 7.93. The van der Waals surface area contributed by atoms with Crippen LogP contribution in [0, 0.1) is 0 Å². The molecule has 4 heteroatoms. The van der Waals surface area contributed by atoms with Gasteiger partial charge in [0.15, 0.2) is 5.96 Å². The molecule has 1 heterocycles. The molecule has 2 aliphatic rings. The first-order valence-corrected chi connectivity index (χ1v) is 4.73. The Morgan fingerprint density at radius 1 is 1.38 bits per heavy atom. The number of hydrogen-bond acceptors (Lipinski definition) is 4. The molecule has 0 spiro atoms. The molecule has 1 unspecified atom stereocenters. The minimum absolute atomic E-state index is 0.450. The van der Waals surface area contributed by atoms with Crippen LogP contribution in [0.1, 0.15) is 32.6 Å². The van der Waals surface area contributed by atoms with Crippen LogP contribution in [-0.2, 0) is 0 Å². The van der Waals surface area contributed by atoms with Crippen LogP contribution in [0.5, 0.6) is 0 Å². The lowest BCUT2D eigenvalue weighted by molar-refractivity contribution is 0.487. The fourth-order valence-electron chi connectivity index (χ4n) is 2.10. The van der Waals surface area contributed by atoms with Gasteiger partial charge in [0.25, 0.3) is 0 Å².